The lowest BCUT2D eigenvalue weighted by atomic mass is 9.87. The predicted octanol–water partition coefficient (Wildman–Crippen LogP) is 4.74. The number of carboxylic acid groups (broad SMARTS) is 1. The van der Waals surface area contributed by atoms with Gasteiger partial charge >= 0.3 is 6.09 Å². The molecule has 1 saturated heterocycles. The van der Waals surface area contributed by atoms with Crippen molar-refractivity contribution >= 4 is 16.9 Å². The minimum absolute atomic E-state index is 0.00398. The van der Waals surface area contributed by atoms with Crippen LogP contribution in [-0.4, -0.2) is 40.4 Å². The smallest absolute Gasteiger partial charge is 0.407 e. The van der Waals surface area contributed by atoms with Crippen LogP contribution in [0.15, 0.2) is 60.7 Å². The molecule has 3 aromatic rings. The summed E-state index contributed by atoms with van der Waals surface area (Å²) in [5, 5.41) is 21.0. The standard InChI is InChI=1S/C23H22FNO4/c24-19-6-3-17(4-7-19)21-9-10-25(23(27)28)13-22(21)29-14-15-1-2-16-5-8-20(26)12-18(16)11-15/h1-8,11-12,21-22,26H,9-10,13-14H2,(H,27,28). The van der Waals surface area contributed by atoms with Crippen LogP contribution in [0.25, 0.3) is 10.8 Å². The van der Waals surface area contributed by atoms with E-state index in [0.29, 0.717) is 19.6 Å². The Morgan fingerprint density at radius 3 is 2.59 bits per heavy atom. The molecule has 0 bridgehead atoms. The van der Waals surface area contributed by atoms with Crippen LogP contribution in [0.2, 0.25) is 0 Å². The summed E-state index contributed by atoms with van der Waals surface area (Å²) in [4.78, 5) is 12.8. The highest BCUT2D eigenvalue weighted by molar-refractivity contribution is 5.84. The number of aromatic hydroxyl groups is 1. The molecule has 2 N–H and O–H groups in total. The van der Waals surface area contributed by atoms with Crippen molar-refractivity contribution in [2.45, 2.75) is 25.0 Å². The van der Waals surface area contributed by atoms with E-state index >= 15 is 0 Å². The topological polar surface area (TPSA) is 70.0 Å². The maximum Gasteiger partial charge on any atom is 0.407 e. The number of nitrogens with zero attached hydrogens (tertiary/aromatic N) is 1. The molecule has 0 saturated carbocycles. The average molecular weight is 395 g/mol. The number of rotatable bonds is 4. The maximum absolute atomic E-state index is 13.3. The fraction of sp³-hybridized carbons (Fsp3) is 0.261. The van der Waals surface area contributed by atoms with E-state index in [0.717, 1.165) is 21.9 Å². The van der Waals surface area contributed by atoms with Crippen LogP contribution in [0.1, 0.15) is 23.5 Å². The predicted molar refractivity (Wildman–Crippen MR) is 108 cm³/mol. The number of amides is 1. The molecule has 0 aromatic heterocycles. The SMILES string of the molecule is O=C(O)N1CCC(c2ccc(F)cc2)C(OCc2ccc3ccc(O)cc3c2)C1. The number of likely N-dealkylation sites (tertiary alicyclic amines) is 1. The molecule has 1 fully saturated rings. The van der Waals surface area contributed by atoms with Gasteiger partial charge in [0.15, 0.2) is 0 Å². The molecule has 1 aliphatic rings. The highest BCUT2D eigenvalue weighted by Crippen LogP contribution is 2.31. The van der Waals surface area contributed by atoms with E-state index < -0.39 is 6.09 Å². The Morgan fingerprint density at radius 2 is 1.83 bits per heavy atom. The Labute approximate surface area is 168 Å². The molecule has 0 radical (unpaired) electrons. The minimum Gasteiger partial charge on any atom is -0.508 e. The molecule has 150 valence electrons. The number of carbonyl (C=O) groups is 1. The molecular weight excluding hydrogens is 373 g/mol. The van der Waals surface area contributed by atoms with E-state index in [-0.39, 0.29) is 30.1 Å². The average Bonchev–Trinajstić information content (AvgIpc) is 2.72. The quantitative estimate of drug-likeness (QED) is 0.670. The second-order valence-corrected chi connectivity index (χ2v) is 7.39. The van der Waals surface area contributed by atoms with Gasteiger partial charge in [0.2, 0.25) is 0 Å². The van der Waals surface area contributed by atoms with Crippen LogP contribution < -0.4 is 0 Å². The number of benzene rings is 3. The number of piperidine rings is 1. The van der Waals surface area contributed by atoms with Gasteiger partial charge in [0, 0.05) is 12.5 Å². The molecule has 1 aliphatic heterocycles. The van der Waals surface area contributed by atoms with Gasteiger partial charge < -0.3 is 19.8 Å². The van der Waals surface area contributed by atoms with Gasteiger partial charge in [-0.15, -0.1) is 0 Å². The van der Waals surface area contributed by atoms with Crippen molar-refractivity contribution in [3.63, 3.8) is 0 Å². The van der Waals surface area contributed by atoms with E-state index in [9.17, 15) is 19.4 Å². The molecule has 4 rings (SSSR count). The van der Waals surface area contributed by atoms with Gasteiger partial charge in [0.1, 0.15) is 11.6 Å². The number of ether oxygens (including phenoxy) is 1. The number of phenols is 1. The lowest BCUT2D eigenvalue weighted by Crippen LogP contribution is -2.46. The zero-order chi connectivity index (χ0) is 20.4. The molecule has 1 heterocycles. The molecule has 3 aromatic carbocycles. The Morgan fingerprint density at radius 1 is 1.07 bits per heavy atom. The van der Waals surface area contributed by atoms with E-state index in [4.69, 9.17) is 4.74 Å². The third-order valence-corrected chi connectivity index (χ3v) is 5.48. The lowest BCUT2D eigenvalue weighted by molar-refractivity contribution is -0.0199. The Bertz CT molecular complexity index is 1020. The summed E-state index contributed by atoms with van der Waals surface area (Å²) in [6, 6.07) is 17.4. The molecule has 2 unspecified atom stereocenters. The van der Waals surface area contributed by atoms with Crippen LogP contribution in [-0.2, 0) is 11.3 Å². The first-order valence-corrected chi connectivity index (χ1v) is 9.56. The third kappa shape index (κ3) is 4.32. The van der Waals surface area contributed by atoms with Crippen molar-refractivity contribution in [1.29, 1.82) is 0 Å². The molecule has 2 atom stereocenters. The Hall–Kier alpha value is -3.12. The summed E-state index contributed by atoms with van der Waals surface area (Å²) in [7, 11) is 0. The van der Waals surface area contributed by atoms with Gasteiger partial charge in [-0.25, -0.2) is 9.18 Å². The minimum atomic E-state index is -0.961. The van der Waals surface area contributed by atoms with Gasteiger partial charge in [0.05, 0.1) is 19.3 Å². The fourth-order valence-electron chi connectivity index (χ4n) is 3.93. The number of halogens is 1. The zero-order valence-electron chi connectivity index (χ0n) is 15.8. The molecule has 6 heteroatoms. The summed E-state index contributed by atoms with van der Waals surface area (Å²) in [6.45, 7) is 1.01. The van der Waals surface area contributed by atoms with Crippen LogP contribution >= 0.6 is 0 Å². The van der Waals surface area contributed by atoms with Crippen LogP contribution in [0.4, 0.5) is 9.18 Å². The molecule has 0 spiro atoms. The molecule has 5 nitrogen and oxygen atoms in total. The van der Waals surface area contributed by atoms with Gasteiger partial charge in [-0.3, -0.25) is 0 Å². The highest BCUT2D eigenvalue weighted by Gasteiger charge is 2.33. The molecular formula is C23H22FNO4. The van der Waals surface area contributed by atoms with Gasteiger partial charge in [-0.1, -0.05) is 30.3 Å². The van der Waals surface area contributed by atoms with Crippen LogP contribution in [0.3, 0.4) is 0 Å². The Kier molecular flexibility index (Phi) is 5.36. The number of hydrogen-bond donors (Lipinski definition) is 2. The summed E-state index contributed by atoms with van der Waals surface area (Å²) < 4.78 is 19.5. The largest absolute Gasteiger partial charge is 0.508 e. The molecule has 0 aliphatic carbocycles. The van der Waals surface area contributed by atoms with Crippen LogP contribution in [0, 0.1) is 5.82 Å². The van der Waals surface area contributed by atoms with Gasteiger partial charge in [0.25, 0.3) is 0 Å². The maximum atomic E-state index is 13.3. The highest BCUT2D eigenvalue weighted by atomic mass is 19.1. The number of fused-ring (bicyclic) bond motifs is 1. The second kappa shape index (κ2) is 8.09. The summed E-state index contributed by atoms with van der Waals surface area (Å²) >= 11 is 0. The zero-order valence-corrected chi connectivity index (χ0v) is 15.8. The van der Waals surface area contributed by atoms with E-state index in [1.807, 2.05) is 24.3 Å². The van der Waals surface area contributed by atoms with Crippen LogP contribution in [0.5, 0.6) is 5.75 Å². The van der Waals surface area contributed by atoms with E-state index in [1.54, 1.807) is 24.3 Å². The van der Waals surface area contributed by atoms with Crippen molar-refractivity contribution in [3.05, 3.63) is 77.6 Å². The van der Waals surface area contributed by atoms with Crippen molar-refractivity contribution < 1.29 is 24.1 Å². The number of hydrogen-bond acceptors (Lipinski definition) is 3. The number of phenolic OH excluding ortho intramolecular Hbond substituents is 1. The summed E-state index contributed by atoms with van der Waals surface area (Å²) in [5.74, 6) is -0.0966. The first-order valence-electron chi connectivity index (χ1n) is 9.56. The normalized spacial score (nSPS) is 19.4. The van der Waals surface area contributed by atoms with Crippen molar-refractivity contribution in [3.8, 4) is 5.75 Å². The first-order chi connectivity index (χ1) is 14.0. The lowest BCUT2D eigenvalue weighted by Gasteiger charge is -2.37. The van der Waals surface area contributed by atoms with E-state index in [1.165, 1.54) is 17.0 Å². The fourth-order valence-corrected chi connectivity index (χ4v) is 3.93. The third-order valence-electron chi connectivity index (χ3n) is 5.48. The van der Waals surface area contributed by atoms with Crippen molar-refractivity contribution in [2.75, 3.05) is 13.1 Å². The first kappa shape index (κ1) is 19.2. The Balaban J connectivity index is 1.53. The summed E-state index contributed by atoms with van der Waals surface area (Å²) in [6.07, 6.45) is -0.670. The van der Waals surface area contributed by atoms with Crippen molar-refractivity contribution in [1.82, 2.24) is 4.90 Å². The van der Waals surface area contributed by atoms with Crippen molar-refractivity contribution in [2.24, 2.45) is 0 Å². The monoisotopic (exact) mass is 395 g/mol. The van der Waals surface area contributed by atoms with Gasteiger partial charge in [-0.2, -0.15) is 0 Å². The molecule has 1 amide bonds. The molecule has 29 heavy (non-hydrogen) atoms. The second-order valence-electron chi connectivity index (χ2n) is 7.39. The van der Waals surface area contributed by atoms with Gasteiger partial charge in [-0.05, 0) is 58.7 Å². The van der Waals surface area contributed by atoms with E-state index in [2.05, 4.69) is 0 Å². The summed E-state index contributed by atoms with van der Waals surface area (Å²) in [5.41, 5.74) is 1.89.